The zero-order chi connectivity index (χ0) is 15.3. The second-order valence-electron chi connectivity index (χ2n) is 5.35. The summed E-state index contributed by atoms with van der Waals surface area (Å²) in [6.45, 7) is 5.47. The van der Waals surface area contributed by atoms with Gasteiger partial charge >= 0.3 is 11.9 Å². The van der Waals surface area contributed by atoms with E-state index < -0.39 is 23.8 Å². The van der Waals surface area contributed by atoms with E-state index in [9.17, 15) is 14.4 Å². The van der Waals surface area contributed by atoms with Gasteiger partial charge < -0.3 is 14.7 Å². The lowest BCUT2D eigenvalue weighted by molar-refractivity contribution is -0.154. The van der Waals surface area contributed by atoms with Gasteiger partial charge in [0, 0.05) is 6.04 Å². The number of carbonyl (C=O) groups is 3. The highest BCUT2D eigenvalue weighted by Gasteiger charge is 2.40. The Kier molecular flexibility index (Phi) is 5.98. The van der Waals surface area contributed by atoms with Crippen molar-refractivity contribution >= 4 is 17.8 Å². The summed E-state index contributed by atoms with van der Waals surface area (Å²) in [5.41, 5.74) is 0. The Morgan fingerprint density at radius 1 is 1.25 bits per heavy atom. The maximum atomic E-state index is 12.5. The number of esters is 1. The highest BCUT2D eigenvalue weighted by atomic mass is 16.5. The van der Waals surface area contributed by atoms with E-state index in [-0.39, 0.29) is 25.1 Å². The van der Waals surface area contributed by atoms with Gasteiger partial charge in [0.15, 0.2) is 0 Å². The maximum Gasteiger partial charge on any atom is 0.325 e. The molecule has 1 aliphatic carbocycles. The minimum absolute atomic E-state index is 0.118. The summed E-state index contributed by atoms with van der Waals surface area (Å²) in [7, 11) is 0. The lowest BCUT2D eigenvalue weighted by Crippen LogP contribution is -2.46. The number of hydrogen-bond acceptors (Lipinski definition) is 4. The lowest BCUT2D eigenvalue weighted by atomic mass is 9.94. The van der Waals surface area contributed by atoms with Crippen molar-refractivity contribution in [3.05, 3.63) is 0 Å². The molecule has 2 atom stereocenters. The number of rotatable bonds is 6. The molecule has 0 aromatic rings. The molecular weight excluding hydrogens is 262 g/mol. The number of aliphatic carboxylic acids is 1. The minimum Gasteiger partial charge on any atom is -0.481 e. The summed E-state index contributed by atoms with van der Waals surface area (Å²) in [5, 5.41) is 9.16. The van der Waals surface area contributed by atoms with E-state index in [1.165, 1.54) is 4.90 Å². The van der Waals surface area contributed by atoms with Gasteiger partial charge in [-0.1, -0.05) is 6.42 Å². The van der Waals surface area contributed by atoms with Crippen LogP contribution in [0.4, 0.5) is 0 Å². The molecule has 1 N–H and O–H groups in total. The number of ether oxygens (including phenoxy) is 1. The molecular formula is C14H23NO5. The van der Waals surface area contributed by atoms with Crippen LogP contribution in [0.25, 0.3) is 0 Å². The molecule has 0 aromatic heterocycles. The van der Waals surface area contributed by atoms with Crippen LogP contribution in [0, 0.1) is 11.8 Å². The van der Waals surface area contributed by atoms with Gasteiger partial charge in [-0.15, -0.1) is 0 Å². The molecule has 1 rings (SSSR count). The normalized spacial score (nSPS) is 21.8. The van der Waals surface area contributed by atoms with Crippen molar-refractivity contribution in [2.24, 2.45) is 11.8 Å². The van der Waals surface area contributed by atoms with Crippen LogP contribution in [-0.4, -0.2) is 47.0 Å². The van der Waals surface area contributed by atoms with E-state index in [1.54, 1.807) is 6.92 Å². The first-order valence-electron chi connectivity index (χ1n) is 7.07. The molecule has 0 spiro atoms. The molecule has 6 heteroatoms. The Labute approximate surface area is 119 Å². The molecule has 2 unspecified atom stereocenters. The summed E-state index contributed by atoms with van der Waals surface area (Å²) in [6, 6.07) is -0.165. The van der Waals surface area contributed by atoms with Crippen LogP contribution in [0.2, 0.25) is 0 Å². The molecule has 0 aliphatic heterocycles. The molecule has 0 heterocycles. The first-order valence-corrected chi connectivity index (χ1v) is 7.07. The van der Waals surface area contributed by atoms with Crippen molar-refractivity contribution in [1.29, 1.82) is 0 Å². The van der Waals surface area contributed by atoms with Crippen LogP contribution in [0.1, 0.15) is 40.0 Å². The zero-order valence-electron chi connectivity index (χ0n) is 12.3. The highest BCUT2D eigenvalue weighted by Crippen LogP contribution is 2.33. The third kappa shape index (κ3) is 3.95. The van der Waals surface area contributed by atoms with Crippen LogP contribution in [0.5, 0.6) is 0 Å². The predicted molar refractivity (Wildman–Crippen MR) is 71.9 cm³/mol. The quantitative estimate of drug-likeness (QED) is 0.743. The van der Waals surface area contributed by atoms with Gasteiger partial charge in [-0.2, -0.15) is 0 Å². The summed E-state index contributed by atoms with van der Waals surface area (Å²) < 4.78 is 4.86. The standard InChI is InChI=1S/C14H23NO5/c1-4-20-12(16)8-15(9(2)3)13(17)10-6-5-7-11(10)14(18)19/h9-11H,4-8H2,1-3H3,(H,18,19). The van der Waals surface area contributed by atoms with Gasteiger partial charge in [-0.3, -0.25) is 14.4 Å². The molecule has 0 saturated heterocycles. The number of carboxylic acids is 1. The van der Waals surface area contributed by atoms with Crippen LogP contribution in [-0.2, 0) is 19.1 Å². The average Bonchev–Trinajstić information content (AvgIpc) is 2.84. The average molecular weight is 285 g/mol. The molecule has 20 heavy (non-hydrogen) atoms. The summed E-state index contributed by atoms with van der Waals surface area (Å²) in [6.07, 6.45) is 1.83. The smallest absolute Gasteiger partial charge is 0.325 e. The van der Waals surface area contributed by atoms with Crippen molar-refractivity contribution in [1.82, 2.24) is 4.90 Å². The fourth-order valence-corrected chi connectivity index (χ4v) is 2.62. The third-order valence-electron chi connectivity index (χ3n) is 3.66. The maximum absolute atomic E-state index is 12.5. The molecule has 6 nitrogen and oxygen atoms in total. The molecule has 0 bridgehead atoms. The van der Waals surface area contributed by atoms with Crippen molar-refractivity contribution < 1.29 is 24.2 Å². The topological polar surface area (TPSA) is 83.9 Å². The molecule has 1 amide bonds. The summed E-state index contributed by atoms with van der Waals surface area (Å²) >= 11 is 0. The Hall–Kier alpha value is -1.59. The Bertz CT molecular complexity index is 380. The van der Waals surface area contributed by atoms with Crippen molar-refractivity contribution in [2.75, 3.05) is 13.2 Å². The molecule has 1 fully saturated rings. The van der Waals surface area contributed by atoms with Crippen molar-refractivity contribution in [3.63, 3.8) is 0 Å². The predicted octanol–water partition coefficient (Wildman–Crippen LogP) is 1.29. The van der Waals surface area contributed by atoms with Gasteiger partial charge in [0.25, 0.3) is 0 Å². The number of hydrogen-bond donors (Lipinski definition) is 1. The second-order valence-corrected chi connectivity index (χ2v) is 5.35. The Balaban J connectivity index is 2.78. The van der Waals surface area contributed by atoms with Gasteiger partial charge in [-0.05, 0) is 33.6 Å². The fraction of sp³-hybridized carbons (Fsp3) is 0.786. The lowest BCUT2D eigenvalue weighted by Gasteiger charge is -2.29. The number of carbonyl (C=O) groups excluding carboxylic acids is 2. The highest BCUT2D eigenvalue weighted by molar-refractivity contribution is 5.88. The van der Waals surface area contributed by atoms with Crippen LogP contribution in [0.3, 0.4) is 0 Å². The monoisotopic (exact) mass is 285 g/mol. The van der Waals surface area contributed by atoms with E-state index in [4.69, 9.17) is 9.84 Å². The van der Waals surface area contributed by atoms with E-state index in [0.29, 0.717) is 12.8 Å². The molecule has 0 aromatic carbocycles. The second kappa shape index (κ2) is 7.26. The van der Waals surface area contributed by atoms with E-state index >= 15 is 0 Å². The Morgan fingerprint density at radius 2 is 1.85 bits per heavy atom. The molecule has 114 valence electrons. The zero-order valence-corrected chi connectivity index (χ0v) is 12.3. The largest absolute Gasteiger partial charge is 0.481 e. The minimum atomic E-state index is -0.930. The van der Waals surface area contributed by atoms with E-state index in [1.807, 2.05) is 13.8 Å². The van der Waals surface area contributed by atoms with E-state index in [2.05, 4.69) is 0 Å². The van der Waals surface area contributed by atoms with E-state index in [0.717, 1.165) is 6.42 Å². The first kappa shape index (κ1) is 16.5. The molecule has 1 saturated carbocycles. The van der Waals surface area contributed by atoms with Crippen molar-refractivity contribution in [3.8, 4) is 0 Å². The first-order chi connectivity index (χ1) is 9.38. The van der Waals surface area contributed by atoms with Gasteiger partial charge in [0.1, 0.15) is 6.54 Å². The van der Waals surface area contributed by atoms with Gasteiger partial charge in [0.05, 0.1) is 18.4 Å². The van der Waals surface area contributed by atoms with Crippen LogP contribution in [0.15, 0.2) is 0 Å². The Morgan fingerprint density at radius 3 is 2.35 bits per heavy atom. The summed E-state index contributed by atoms with van der Waals surface area (Å²) in [4.78, 5) is 36.6. The summed E-state index contributed by atoms with van der Waals surface area (Å²) in [5.74, 6) is -2.80. The van der Waals surface area contributed by atoms with Crippen molar-refractivity contribution in [2.45, 2.75) is 46.1 Å². The third-order valence-corrected chi connectivity index (χ3v) is 3.66. The SMILES string of the molecule is CCOC(=O)CN(C(=O)C1CCCC1C(=O)O)C(C)C. The number of carboxylic acid groups (broad SMARTS) is 1. The molecule has 0 radical (unpaired) electrons. The number of nitrogens with zero attached hydrogens (tertiary/aromatic N) is 1. The fourth-order valence-electron chi connectivity index (χ4n) is 2.62. The van der Waals surface area contributed by atoms with Crippen LogP contribution >= 0.6 is 0 Å². The molecule has 1 aliphatic rings. The van der Waals surface area contributed by atoms with Crippen LogP contribution < -0.4 is 0 Å². The van der Waals surface area contributed by atoms with Gasteiger partial charge in [0.2, 0.25) is 5.91 Å². The van der Waals surface area contributed by atoms with Gasteiger partial charge in [-0.25, -0.2) is 0 Å². The number of amides is 1.